The number of hydrogen-bond donors (Lipinski definition) is 1. The van der Waals surface area contributed by atoms with Gasteiger partial charge in [-0.25, -0.2) is 0 Å². The zero-order valence-corrected chi connectivity index (χ0v) is 9.72. The molecule has 0 aromatic heterocycles. The average Bonchev–Trinajstić information content (AvgIpc) is 2.64. The number of rotatable bonds is 2. The molecule has 0 saturated carbocycles. The second kappa shape index (κ2) is 2.82. The predicted molar refractivity (Wildman–Crippen MR) is 52.9 cm³/mol. The number of aliphatic hydroxyl groups excluding tert-OH is 1. The van der Waals surface area contributed by atoms with Crippen LogP contribution in [0.5, 0.6) is 0 Å². The Morgan fingerprint density at radius 3 is 2.08 bits per heavy atom. The Morgan fingerprint density at radius 2 is 1.83 bits per heavy atom. The fraction of sp³-hybridized carbons (Fsp3) is 1.00. The van der Waals surface area contributed by atoms with E-state index in [0.29, 0.717) is 0 Å². The van der Waals surface area contributed by atoms with Gasteiger partial charge in [-0.3, -0.25) is 0 Å². The van der Waals surface area contributed by atoms with Gasteiger partial charge in [0.05, 0.1) is 20.4 Å². The van der Waals surface area contributed by atoms with Gasteiger partial charge < -0.3 is 9.84 Å². The fourth-order valence-corrected chi connectivity index (χ4v) is 3.16. The highest BCUT2D eigenvalue weighted by molar-refractivity contribution is 6.81. The molecule has 1 fully saturated rings. The third kappa shape index (κ3) is 1.73. The number of hydrogen-bond acceptors (Lipinski definition) is 2. The summed E-state index contributed by atoms with van der Waals surface area (Å²) in [5, 5.41) is 10.2. The zero-order valence-electron chi connectivity index (χ0n) is 8.72. The van der Waals surface area contributed by atoms with Gasteiger partial charge in [-0.15, -0.1) is 0 Å². The zero-order chi connectivity index (χ0) is 9.57. The van der Waals surface area contributed by atoms with Gasteiger partial charge in [0, 0.05) is 0 Å². The van der Waals surface area contributed by atoms with Crippen molar-refractivity contribution in [1.29, 1.82) is 0 Å². The van der Waals surface area contributed by atoms with Crippen molar-refractivity contribution in [3.8, 4) is 0 Å². The Labute approximate surface area is 75.9 Å². The minimum atomic E-state index is -1.58. The normalized spacial score (nSPS) is 27.0. The van der Waals surface area contributed by atoms with Crippen LogP contribution < -0.4 is 0 Å². The topological polar surface area (TPSA) is 32.8 Å². The second-order valence-electron chi connectivity index (χ2n) is 5.29. The third-order valence-electron chi connectivity index (χ3n) is 3.38. The summed E-state index contributed by atoms with van der Waals surface area (Å²) in [5.41, 5.74) is -0.197. The van der Waals surface area contributed by atoms with E-state index < -0.39 is 8.07 Å². The van der Waals surface area contributed by atoms with Crippen LogP contribution in [-0.4, -0.2) is 31.6 Å². The maximum absolute atomic E-state index is 9.99. The molecule has 2 nitrogen and oxygen atoms in total. The summed E-state index contributed by atoms with van der Waals surface area (Å²) in [6.07, 6.45) is 0.144. The second-order valence-corrected chi connectivity index (χ2v) is 10.8. The predicted octanol–water partition coefficient (Wildman–Crippen LogP) is 1.79. The Morgan fingerprint density at radius 1 is 1.42 bits per heavy atom. The van der Waals surface area contributed by atoms with Gasteiger partial charge in [-0.1, -0.05) is 33.9 Å². The molecule has 0 aromatic rings. The van der Waals surface area contributed by atoms with Crippen molar-refractivity contribution in [2.45, 2.75) is 50.7 Å². The van der Waals surface area contributed by atoms with Crippen LogP contribution in [0.1, 0.15) is 20.8 Å². The van der Waals surface area contributed by atoms with Crippen molar-refractivity contribution < 1.29 is 9.84 Å². The van der Waals surface area contributed by atoms with Crippen LogP contribution in [0.25, 0.3) is 0 Å². The van der Waals surface area contributed by atoms with Crippen molar-refractivity contribution in [1.82, 2.24) is 0 Å². The van der Waals surface area contributed by atoms with E-state index in [2.05, 4.69) is 33.9 Å². The summed E-state index contributed by atoms with van der Waals surface area (Å²) in [6.45, 7) is 11.9. The molecular formula is C9H20O2Si. The van der Waals surface area contributed by atoms with Gasteiger partial charge in [0.15, 0.2) is 0 Å². The summed E-state index contributed by atoms with van der Waals surface area (Å²) in [5.74, 6) is 0. The smallest absolute Gasteiger partial charge is 0.104 e. The molecule has 1 aliphatic heterocycles. The number of aliphatic hydroxyl groups is 1. The van der Waals surface area contributed by atoms with E-state index >= 15 is 0 Å². The van der Waals surface area contributed by atoms with E-state index in [1.165, 1.54) is 0 Å². The molecule has 0 radical (unpaired) electrons. The molecule has 72 valence electrons. The van der Waals surface area contributed by atoms with Crippen molar-refractivity contribution in [3.05, 3.63) is 0 Å². The molecule has 0 bridgehead atoms. The van der Waals surface area contributed by atoms with Gasteiger partial charge in [0.1, 0.15) is 6.10 Å². The fourth-order valence-electron chi connectivity index (χ4n) is 1.15. The van der Waals surface area contributed by atoms with Gasteiger partial charge >= 0.3 is 0 Å². The molecule has 0 aromatic carbocycles. The molecule has 1 heterocycles. The van der Waals surface area contributed by atoms with Crippen molar-refractivity contribution in [2.24, 2.45) is 0 Å². The molecular weight excluding hydrogens is 168 g/mol. The van der Waals surface area contributed by atoms with Crippen molar-refractivity contribution >= 4 is 8.07 Å². The van der Waals surface area contributed by atoms with Crippen LogP contribution in [0.15, 0.2) is 0 Å². The van der Waals surface area contributed by atoms with Gasteiger partial charge in [-0.05, 0) is 5.04 Å². The summed E-state index contributed by atoms with van der Waals surface area (Å²) in [4.78, 5) is 0. The highest BCUT2D eigenvalue weighted by Crippen LogP contribution is 2.40. The molecule has 1 N–H and O–H groups in total. The largest absolute Gasteiger partial charge is 0.394 e. The molecule has 0 amide bonds. The Bertz CT molecular complexity index is 168. The first-order valence-corrected chi connectivity index (χ1v) is 7.64. The van der Waals surface area contributed by atoms with Crippen molar-refractivity contribution in [2.75, 3.05) is 6.61 Å². The van der Waals surface area contributed by atoms with Crippen LogP contribution in [-0.2, 0) is 4.74 Å². The SMILES string of the molecule is CC(C)(C)[Si](C)(C)C(O)[C@@H]1CO1. The van der Waals surface area contributed by atoms with Crippen LogP contribution >= 0.6 is 0 Å². The molecule has 1 unspecified atom stereocenters. The molecule has 0 aliphatic carbocycles. The standard InChI is InChI=1S/C9H20O2Si/c1-9(2,3)12(4,5)8(10)7-6-11-7/h7-8,10H,6H2,1-5H3/t7-,8?/m0/s1. The van der Waals surface area contributed by atoms with Gasteiger partial charge in [-0.2, -0.15) is 0 Å². The first kappa shape index (κ1) is 10.2. The lowest BCUT2D eigenvalue weighted by atomic mass is 10.2. The molecule has 0 spiro atoms. The average molecular weight is 188 g/mol. The molecule has 1 rings (SSSR count). The van der Waals surface area contributed by atoms with Crippen LogP contribution in [0.4, 0.5) is 0 Å². The van der Waals surface area contributed by atoms with E-state index in [1.54, 1.807) is 0 Å². The van der Waals surface area contributed by atoms with Crippen LogP contribution in [0.2, 0.25) is 18.1 Å². The lowest BCUT2D eigenvalue weighted by Gasteiger charge is -2.40. The lowest BCUT2D eigenvalue weighted by molar-refractivity contribution is 0.191. The summed E-state index contributed by atoms with van der Waals surface area (Å²) in [7, 11) is -1.58. The first-order chi connectivity index (χ1) is 5.27. The van der Waals surface area contributed by atoms with E-state index in [4.69, 9.17) is 4.74 Å². The van der Waals surface area contributed by atoms with E-state index in [-0.39, 0.29) is 16.9 Å². The Kier molecular flexibility index (Phi) is 2.40. The molecule has 1 saturated heterocycles. The number of ether oxygens (including phenoxy) is 1. The Hall–Kier alpha value is 0.137. The minimum absolute atomic E-state index is 0.144. The number of epoxide rings is 1. The minimum Gasteiger partial charge on any atom is -0.394 e. The molecule has 2 atom stereocenters. The van der Waals surface area contributed by atoms with E-state index in [1.807, 2.05) is 0 Å². The van der Waals surface area contributed by atoms with E-state index in [9.17, 15) is 5.11 Å². The maximum atomic E-state index is 9.99. The third-order valence-corrected chi connectivity index (χ3v) is 9.10. The van der Waals surface area contributed by atoms with Crippen LogP contribution in [0.3, 0.4) is 0 Å². The lowest BCUT2D eigenvalue weighted by Crippen LogP contribution is -2.52. The summed E-state index contributed by atoms with van der Waals surface area (Å²) >= 11 is 0. The maximum Gasteiger partial charge on any atom is 0.104 e. The molecule has 1 aliphatic rings. The molecule has 3 heteroatoms. The monoisotopic (exact) mass is 188 g/mol. The quantitative estimate of drug-likeness (QED) is 0.529. The molecule has 12 heavy (non-hydrogen) atoms. The highest BCUT2D eigenvalue weighted by atomic mass is 28.3. The van der Waals surface area contributed by atoms with Crippen LogP contribution in [0, 0.1) is 0 Å². The van der Waals surface area contributed by atoms with Crippen molar-refractivity contribution in [3.63, 3.8) is 0 Å². The summed E-state index contributed by atoms with van der Waals surface area (Å²) < 4.78 is 5.14. The summed E-state index contributed by atoms with van der Waals surface area (Å²) in [6, 6.07) is 0. The van der Waals surface area contributed by atoms with E-state index in [0.717, 1.165) is 6.61 Å². The first-order valence-electron chi connectivity index (χ1n) is 4.56. The van der Waals surface area contributed by atoms with Gasteiger partial charge in [0.2, 0.25) is 0 Å². The Balaban J connectivity index is 2.68. The van der Waals surface area contributed by atoms with Gasteiger partial charge in [0.25, 0.3) is 0 Å². The highest BCUT2D eigenvalue weighted by Gasteiger charge is 2.48.